The van der Waals surface area contributed by atoms with Crippen LogP contribution in [0.4, 0.5) is 11.4 Å². The van der Waals surface area contributed by atoms with Crippen LogP contribution in [0.2, 0.25) is 0 Å². The number of carbonyl (C=O) groups is 2. The van der Waals surface area contributed by atoms with Crippen LogP contribution in [0.5, 0.6) is 5.75 Å². The molecule has 3 aliphatic rings. The number of nitro benzene ring substituents is 1. The largest absolute Gasteiger partial charge is 0.508 e. The van der Waals surface area contributed by atoms with Crippen molar-refractivity contribution in [1.29, 1.82) is 0 Å². The Hall–Kier alpha value is -4.56. The van der Waals surface area contributed by atoms with Gasteiger partial charge >= 0.3 is 0 Å². The predicted octanol–water partition coefficient (Wildman–Crippen LogP) is 6.80. The second kappa shape index (κ2) is 11.6. The fraction of sp³-hybridized carbons (Fsp3) is 0.314. The van der Waals surface area contributed by atoms with E-state index in [1.807, 2.05) is 30.3 Å². The number of ether oxygens (including phenoxy) is 1. The van der Waals surface area contributed by atoms with E-state index in [0.717, 1.165) is 27.2 Å². The predicted molar refractivity (Wildman–Crippen MR) is 164 cm³/mol. The van der Waals surface area contributed by atoms with E-state index in [2.05, 4.69) is 32.1 Å². The number of amides is 2. The number of non-ortho nitro benzene ring substituents is 1. The van der Waals surface area contributed by atoms with Crippen molar-refractivity contribution in [3.05, 3.63) is 111 Å². The van der Waals surface area contributed by atoms with Gasteiger partial charge < -0.3 is 9.84 Å². The highest BCUT2D eigenvalue weighted by Gasteiger charge is 2.57. The van der Waals surface area contributed by atoms with Crippen LogP contribution in [0, 0.1) is 33.8 Å². The minimum absolute atomic E-state index is 0.160. The molecule has 2 amide bonds. The van der Waals surface area contributed by atoms with Gasteiger partial charge in [-0.05, 0) is 65.7 Å². The van der Waals surface area contributed by atoms with Gasteiger partial charge in [0.1, 0.15) is 5.75 Å². The summed E-state index contributed by atoms with van der Waals surface area (Å²) < 4.78 is 6.42. The number of fused-ring (bicyclic) bond motifs is 3. The van der Waals surface area contributed by atoms with E-state index in [4.69, 9.17) is 4.74 Å². The Morgan fingerprint density at radius 1 is 1.02 bits per heavy atom. The van der Waals surface area contributed by atoms with Crippen molar-refractivity contribution in [2.75, 3.05) is 11.5 Å². The molecule has 4 atom stereocenters. The van der Waals surface area contributed by atoms with Crippen LogP contribution in [-0.4, -0.2) is 34.6 Å². The molecule has 2 saturated heterocycles. The Morgan fingerprint density at radius 3 is 2.51 bits per heavy atom. The summed E-state index contributed by atoms with van der Waals surface area (Å²) in [5.41, 5.74) is 5.51. The molecule has 2 aliphatic heterocycles. The molecule has 3 aromatic carbocycles. The number of aromatic hydroxyl groups is 1. The lowest BCUT2D eigenvalue weighted by Gasteiger charge is -2.33. The summed E-state index contributed by atoms with van der Waals surface area (Å²) in [4.78, 5) is 39.6. The fourth-order valence-electron chi connectivity index (χ4n) is 7.01. The molecule has 2 fully saturated rings. The second-order valence-electron chi connectivity index (χ2n) is 11.9. The summed E-state index contributed by atoms with van der Waals surface area (Å²) in [7, 11) is 0. The number of rotatable bonds is 8. The quantitative estimate of drug-likeness (QED) is 0.104. The molecule has 0 unspecified atom stereocenters. The molecule has 3 aromatic rings. The number of phenolic OH excluding ortho intramolecular Hbond substituents is 1. The summed E-state index contributed by atoms with van der Waals surface area (Å²) in [6.07, 6.45) is 3.80. The number of imide groups is 1. The number of benzene rings is 3. The Balaban J connectivity index is 1.29. The van der Waals surface area contributed by atoms with Crippen LogP contribution in [0.15, 0.2) is 90.0 Å². The van der Waals surface area contributed by atoms with Crippen LogP contribution >= 0.6 is 0 Å². The molecule has 2 heterocycles. The lowest BCUT2D eigenvalue weighted by molar-refractivity contribution is -0.384. The number of hydrogen-bond acceptors (Lipinski definition) is 6. The second-order valence-corrected chi connectivity index (χ2v) is 11.9. The molecule has 220 valence electrons. The van der Waals surface area contributed by atoms with Crippen molar-refractivity contribution in [2.45, 2.75) is 39.2 Å². The average Bonchev–Trinajstić information content (AvgIpc) is 3.53. The van der Waals surface area contributed by atoms with Gasteiger partial charge in [-0.2, -0.15) is 0 Å². The molecule has 0 radical (unpaired) electrons. The number of phenols is 1. The normalized spacial score (nSPS) is 23.6. The lowest BCUT2D eigenvalue weighted by atomic mass is 9.67. The van der Waals surface area contributed by atoms with Gasteiger partial charge in [0.2, 0.25) is 11.8 Å². The van der Waals surface area contributed by atoms with Gasteiger partial charge in [-0.25, -0.2) is 4.90 Å². The van der Waals surface area contributed by atoms with Gasteiger partial charge in [-0.1, -0.05) is 74.0 Å². The van der Waals surface area contributed by atoms with Gasteiger partial charge in [0, 0.05) is 18.1 Å². The Kier molecular flexibility index (Phi) is 7.71. The van der Waals surface area contributed by atoms with E-state index >= 15 is 0 Å². The van der Waals surface area contributed by atoms with E-state index in [0.29, 0.717) is 25.9 Å². The van der Waals surface area contributed by atoms with Crippen molar-refractivity contribution in [3.8, 4) is 5.75 Å². The van der Waals surface area contributed by atoms with Crippen LogP contribution in [0.3, 0.4) is 0 Å². The lowest BCUT2D eigenvalue weighted by Crippen LogP contribution is -2.35. The number of nitrogens with zero attached hydrogens (tertiary/aromatic N) is 2. The first-order valence-electron chi connectivity index (χ1n) is 14.7. The summed E-state index contributed by atoms with van der Waals surface area (Å²) in [5.74, 6) is -1.49. The molecule has 1 aliphatic carbocycles. The Morgan fingerprint density at radius 2 is 1.79 bits per heavy atom. The zero-order chi connectivity index (χ0) is 30.2. The van der Waals surface area contributed by atoms with E-state index in [1.165, 1.54) is 23.8 Å². The van der Waals surface area contributed by atoms with Crippen LogP contribution in [0.25, 0.3) is 11.6 Å². The molecule has 1 N–H and O–H groups in total. The average molecular weight is 579 g/mol. The monoisotopic (exact) mass is 578 g/mol. The maximum absolute atomic E-state index is 13.9. The first kappa shape index (κ1) is 28.6. The van der Waals surface area contributed by atoms with Gasteiger partial charge in [-0.15, -0.1) is 0 Å². The highest BCUT2D eigenvalue weighted by Crippen LogP contribution is 2.52. The molecule has 0 saturated carbocycles. The number of carbonyl (C=O) groups excluding carboxylic acids is 2. The van der Waals surface area contributed by atoms with E-state index in [-0.39, 0.29) is 46.9 Å². The molecule has 0 aromatic heterocycles. The number of allylic oxidation sites excluding steroid dienone is 2. The SMILES string of the molecule is CC(C)C1=C2[C@@H](CC/C(=C/c3cccc(O)c3)c3ccccc3)OC[C@@H]2[C@@H]2C(=O)N(c3cccc([N+](=O)[O-])c3)C(=O)[C@@H]2C1. The minimum atomic E-state index is -0.550. The van der Waals surface area contributed by atoms with Crippen LogP contribution < -0.4 is 4.90 Å². The topological polar surface area (TPSA) is 110 Å². The summed E-state index contributed by atoms with van der Waals surface area (Å²) >= 11 is 0. The first-order chi connectivity index (χ1) is 20.7. The first-order valence-corrected chi connectivity index (χ1v) is 14.7. The van der Waals surface area contributed by atoms with E-state index in [1.54, 1.807) is 18.2 Å². The third-order valence-electron chi connectivity index (χ3n) is 8.97. The smallest absolute Gasteiger partial charge is 0.271 e. The number of nitro groups is 1. The summed E-state index contributed by atoms with van der Waals surface area (Å²) in [5, 5.41) is 21.4. The van der Waals surface area contributed by atoms with E-state index in [9.17, 15) is 24.8 Å². The molecular weight excluding hydrogens is 544 g/mol. The summed E-state index contributed by atoms with van der Waals surface area (Å²) in [6.45, 7) is 4.59. The molecule has 0 spiro atoms. The maximum Gasteiger partial charge on any atom is 0.271 e. The number of hydrogen-bond donors (Lipinski definition) is 1. The van der Waals surface area contributed by atoms with Crippen molar-refractivity contribution >= 4 is 34.8 Å². The minimum Gasteiger partial charge on any atom is -0.508 e. The van der Waals surface area contributed by atoms with Gasteiger partial charge in [0.25, 0.3) is 5.69 Å². The highest BCUT2D eigenvalue weighted by atomic mass is 16.6. The van der Waals surface area contributed by atoms with E-state index < -0.39 is 16.8 Å². The fourth-order valence-corrected chi connectivity index (χ4v) is 7.01. The van der Waals surface area contributed by atoms with Crippen LogP contribution in [-0.2, 0) is 14.3 Å². The standard InChI is InChI=1S/C35H34N2O6/c1-21(2)28-19-29-33(35(40)36(34(29)39)25-11-7-12-26(18-25)37(41)42)30-20-43-31(32(28)30)15-14-24(23-9-4-3-5-10-23)16-22-8-6-13-27(38)17-22/h3-13,16-18,21,29-31,33,38H,14-15,19-20H2,1-2H3/b24-16-/t29-,30+,31-,33-/m1/s1. The molecule has 0 bridgehead atoms. The Bertz CT molecular complexity index is 1640. The maximum atomic E-state index is 13.9. The van der Waals surface area contributed by atoms with Crippen molar-refractivity contribution in [2.24, 2.45) is 23.7 Å². The summed E-state index contributed by atoms with van der Waals surface area (Å²) in [6, 6.07) is 23.0. The van der Waals surface area contributed by atoms with Gasteiger partial charge in [-0.3, -0.25) is 19.7 Å². The zero-order valence-electron chi connectivity index (χ0n) is 24.2. The molecule has 43 heavy (non-hydrogen) atoms. The molecular formula is C35H34N2O6. The van der Waals surface area contributed by atoms with Crippen LogP contribution in [0.1, 0.15) is 44.2 Å². The van der Waals surface area contributed by atoms with Crippen molar-refractivity contribution in [3.63, 3.8) is 0 Å². The highest BCUT2D eigenvalue weighted by molar-refractivity contribution is 6.22. The van der Waals surface area contributed by atoms with Gasteiger partial charge in [0.05, 0.1) is 35.2 Å². The third-order valence-corrected chi connectivity index (χ3v) is 8.97. The molecule has 8 heteroatoms. The van der Waals surface area contributed by atoms with Gasteiger partial charge in [0.15, 0.2) is 0 Å². The number of anilines is 1. The zero-order valence-corrected chi connectivity index (χ0v) is 24.2. The molecule has 8 nitrogen and oxygen atoms in total. The van der Waals surface area contributed by atoms with Crippen molar-refractivity contribution in [1.82, 2.24) is 0 Å². The Labute approximate surface area is 250 Å². The third kappa shape index (κ3) is 5.39. The van der Waals surface area contributed by atoms with Crippen molar-refractivity contribution < 1.29 is 24.4 Å². The molecule has 6 rings (SSSR count).